The van der Waals surface area contributed by atoms with Crippen molar-refractivity contribution in [2.75, 3.05) is 19.7 Å². The molecule has 4 rings (SSSR count). The summed E-state index contributed by atoms with van der Waals surface area (Å²) in [6.45, 7) is 2.80. The van der Waals surface area contributed by atoms with E-state index in [9.17, 15) is 4.79 Å². The van der Waals surface area contributed by atoms with Crippen molar-refractivity contribution in [2.24, 2.45) is 0 Å². The molecule has 0 aliphatic carbocycles. The zero-order valence-corrected chi connectivity index (χ0v) is 14.6. The number of aromatic nitrogens is 3. The average molecular weight is 357 g/mol. The molecule has 2 aliphatic rings. The van der Waals surface area contributed by atoms with E-state index in [0.29, 0.717) is 29.9 Å². The number of hydrogen-bond acceptors (Lipinski definition) is 7. The van der Waals surface area contributed by atoms with Crippen LogP contribution in [-0.2, 0) is 11.3 Å². The molecular formula is C18H23N5O3. The predicted molar refractivity (Wildman–Crippen MR) is 92.2 cm³/mol. The summed E-state index contributed by atoms with van der Waals surface area (Å²) in [6.07, 6.45) is 7.04. The Kier molecular flexibility index (Phi) is 5.21. The Bertz CT molecular complexity index is 721. The van der Waals surface area contributed by atoms with Gasteiger partial charge in [-0.15, -0.1) is 0 Å². The van der Waals surface area contributed by atoms with Crippen LogP contribution in [-0.4, -0.2) is 51.7 Å². The van der Waals surface area contributed by atoms with E-state index < -0.39 is 0 Å². The van der Waals surface area contributed by atoms with E-state index in [1.54, 1.807) is 18.5 Å². The van der Waals surface area contributed by atoms with E-state index in [1.165, 1.54) is 0 Å². The van der Waals surface area contributed by atoms with E-state index in [4.69, 9.17) is 9.26 Å². The molecule has 1 unspecified atom stereocenters. The van der Waals surface area contributed by atoms with Crippen molar-refractivity contribution in [3.63, 3.8) is 0 Å². The van der Waals surface area contributed by atoms with Crippen LogP contribution in [0.5, 0.6) is 0 Å². The SMILES string of the molecule is O=C(c1cccnc1)N1CCC(NCc2noc(C3CCCO3)n2)CC1. The van der Waals surface area contributed by atoms with Gasteiger partial charge in [0.1, 0.15) is 6.10 Å². The molecule has 0 saturated carbocycles. The molecule has 2 aliphatic heterocycles. The summed E-state index contributed by atoms with van der Waals surface area (Å²) in [5, 5.41) is 7.49. The van der Waals surface area contributed by atoms with E-state index in [0.717, 1.165) is 45.4 Å². The van der Waals surface area contributed by atoms with Crippen LogP contribution in [0.4, 0.5) is 0 Å². The van der Waals surface area contributed by atoms with Crippen molar-refractivity contribution < 1.29 is 14.1 Å². The highest BCUT2D eigenvalue weighted by Gasteiger charge is 2.25. The van der Waals surface area contributed by atoms with Gasteiger partial charge >= 0.3 is 0 Å². The molecular weight excluding hydrogens is 334 g/mol. The summed E-state index contributed by atoms with van der Waals surface area (Å²) in [5.41, 5.74) is 0.646. The fraction of sp³-hybridized carbons (Fsp3) is 0.556. The van der Waals surface area contributed by atoms with Crippen molar-refractivity contribution in [3.8, 4) is 0 Å². The topological polar surface area (TPSA) is 93.4 Å². The Hall–Kier alpha value is -2.32. The van der Waals surface area contributed by atoms with Gasteiger partial charge in [-0.3, -0.25) is 9.78 Å². The lowest BCUT2D eigenvalue weighted by Gasteiger charge is -2.32. The normalized spacial score (nSPS) is 21.2. The van der Waals surface area contributed by atoms with E-state index in [-0.39, 0.29) is 12.0 Å². The summed E-state index contributed by atoms with van der Waals surface area (Å²) >= 11 is 0. The molecule has 2 fully saturated rings. The Morgan fingerprint density at radius 2 is 2.19 bits per heavy atom. The van der Waals surface area contributed by atoms with Crippen LogP contribution in [0, 0.1) is 0 Å². The van der Waals surface area contributed by atoms with Crippen molar-refractivity contribution >= 4 is 5.91 Å². The number of carbonyl (C=O) groups excluding carboxylic acids is 1. The molecule has 0 bridgehead atoms. The quantitative estimate of drug-likeness (QED) is 0.870. The number of nitrogens with zero attached hydrogens (tertiary/aromatic N) is 4. The molecule has 2 saturated heterocycles. The minimum atomic E-state index is -0.0435. The Labute approximate surface area is 151 Å². The molecule has 26 heavy (non-hydrogen) atoms. The van der Waals surface area contributed by atoms with Gasteiger partial charge in [0.05, 0.1) is 12.1 Å². The second-order valence-corrected chi connectivity index (χ2v) is 6.74. The monoisotopic (exact) mass is 357 g/mol. The van der Waals surface area contributed by atoms with Gasteiger partial charge in [-0.25, -0.2) is 0 Å². The average Bonchev–Trinajstić information content (AvgIpc) is 3.38. The summed E-state index contributed by atoms with van der Waals surface area (Å²) in [6, 6.07) is 3.94. The number of likely N-dealkylation sites (tertiary alicyclic amines) is 1. The molecule has 138 valence electrons. The molecule has 4 heterocycles. The van der Waals surface area contributed by atoms with E-state index >= 15 is 0 Å². The van der Waals surface area contributed by atoms with Crippen LogP contribution in [0.2, 0.25) is 0 Å². The highest BCUT2D eigenvalue weighted by atomic mass is 16.5. The number of nitrogens with one attached hydrogen (secondary N) is 1. The Morgan fingerprint density at radius 1 is 1.31 bits per heavy atom. The maximum Gasteiger partial charge on any atom is 0.255 e. The van der Waals surface area contributed by atoms with Crippen molar-refractivity contribution in [1.82, 2.24) is 25.3 Å². The van der Waals surface area contributed by atoms with Crippen molar-refractivity contribution in [1.29, 1.82) is 0 Å². The van der Waals surface area contributed by atoms with Crippen LogP contribution < -0.4 is 5.32 Å². The molecule has 0 radical (unpaired) electrons. The smallest absolute Gasteiger partial charge is 0.255 e. The van der Waals surface area contributed by atoms with Crippen LogP contribution in [0.25, 0.3) is 0 Å². The fourth-order valence-corrected chi connectivity index (χ4v) is 3.44. The molecule has 1 amide bonds. The minimum Gasteiger partial charge on any atom is -0.368 e. The second-order valence-electron chi connectivity index (χ2n) is 6.74. The molecule has 8 nitrogen and oxygen atoms in total. The molecule has 1 N–H and O–H groups in total. The largest absolute Gasteiger partial charge is 0.368 e. The maximum absolute atomic E-state index is 12.4. The lowest BCUT2D eigenvalue weighted by molar-refractivity contribution is 0.0704. The number of rotatable bonds is 5. The fourth-order valence-electron chi connectivity index (χ4n) is 3.44. The standard InChI is InChI=1S/C18H23N5O3/c24-18(13-3-1-7-19-11-13)23-8-5-14(6-9-23)20-12-16-21-17(26-22-16)15-4-2-10-25-15/h1,3,7,11,14-15,20H,2,4-6,8-10,12H2. The summed E-state index contributed by atoms with van der Waals surface area (Å²) in [7, 11) is 0. The summed E-state index contributed by atoms with van der Waals surface area (Å²) < 4.78 is 10.9. The molecule has 0 spiro atoms. The van der Waals surface area contributed by atoms with Gasteiger partial charge in [-0.05, 0) is 37.8 Å². The highest BCUT2D eigenvalue weighted by Crippen LogP contribution is 2.26. The van der Waals surface area contributed by atoms with Gasteiger partial charge in [-0.1, -0.05) is 5.16 Å². The van der Waals surface area contributed by atoms with Crippen LogP contribution in [0.1, 0.15) is 53.9 Å². The molecule has 0 aromatic carbocycles. The maximum atomic E-state index is 12.4. The third-order valence-electron chi connectivity index (χ3n) is 4.93. The molecule has 8 heteroatoms. The number of pyridine rings is 1. The summed E-state index contributed by atoms with van der Waals surface area (Å²) in [4.78, 5) is 22.8. The van der Waals surface area contributed by atoms with Gasteiger partial charge < -0.3 is 19.5 Å². The van der Waals surface area contributed by atoms with E-state index in [2.05, 4.69) is 20.4 Å². The highest BCUT2D eigenvalue weighted by molar-refractivity contribution is 5.93. The zero-order chi connectivity index (χ0) is 17.8. The third-order valence-corrected chi connectivity index (χ3v) is 4.93. The first-order valence-electron chi connectivity index (χ1n) is 9.16. The van der Waals surface area contributed by atoms with Crippen LogP contribution >= 0.6 is 0 Å². The molecule has 1 atom stereocenters. The Balaban J connectivity index is 1.23. The predicted octanol–water partition coefficient (Wildman–Crippen LogP) is 1.71. The first-order valence-corrected chi connectivity index (χ1v) is 9.16. The van der Waals surface area contributed by atoms with Gasteiger partial charge in [-0.2, -0.15) is 4.98 Å². The summed E-state index contributed by atoms with van der Waals surface area (Å²) in [5.74, 6) is 1.29. The first-order chi connectivity index (χ1) is 12.8. The molecule has 2 aromatic heterocycles. The minimum absolute atomic E-state index is 0.0435. The van der Waals surface area contributed by atoms with Gasteiger partial charge in [0.2, 0.25) is 0 Å². The number of amides is 1. The second kappa shape index (κ2) is 7.92. The Morgan fingerprint density at radius 3 is 2.92 bits per heavy atom. The number of piperidine rings is 1. The lowest BCUT2D eigenvalue weighted by Crippen LogP contribution is -2.44. The van der Waals surface area contributed by atoms with Gasteiger partial charge in [0.25, 0.3) is 11.8 Å². The number of ether oxygens (including phenoxy) is 1. The molecule has 2 aromatic rings. The van der Waals surface area contributed by atoms with E-state index in [1.807, 2.05) is 11.0 Å². The number of carbonyl (C=O) groups is 1. The van der Waals surface area contributed by atoms with Crippen LogP contribution in [0.15, 0.2) is 29.0 Å². The van der Waals surface area contributed by atoms with Crippen LogP contribution in [0.3, 0.4) is 0 Å². The van der Waals surface area contributed by atoms with Gasteiger partial charge in [0.15, 0.2) is 5.82 Å². The van der Waals surface area contributed by atoms with Gasteiger partial charge in [0, 0.05) is 38.1 Å². The van der Waals surface area contributed by atoms with Crippen molar-refractivity contribution in [3.05, 3.63) is 41.8 Å². The first kappa shape index (κ1) is 17.1. The zero-order valence-electron chi connectivity index (χ0n) is 14.6. The number of hydrogen-bond donors (Lipinski definition) is 1. The third kappa shape index (κ3) is 3.91. The van der Waals surface area contributed by atoms with Crippen molar-refractivity contribution in [2.45, 2.75) is 44.4 Å². The lowest BCUT2D eigenvalue weighted by atomic mass is 10.0.